The number of H-pyrrole nitrogens is 1. The second-order valence-electron chi connectivity index (χ2n) is 9.27. The molecule has 5 rings (SSSR count). The number of hydrogen-bond acceptors (Lipinski definition) is 2. The van der Waals surface area contributed by atoms with E-state index < -0.39 is 0 Å². The highest BCUT2D eigenvalue weighted by atomic mass is 19.1. The van der Waals surface area contributed by atoms with E-state index in [4.69, 9.17) is 0 Å². The van der Waals surface area contributed by atoms with Crippen LogP contribution in [0.25, 0.3) is 10.9 Å². The van der Waals surface area contributed by atoms with E-state index in [0.29, 0.717) is 11.3 Å². The van der Waals surface area contributed by atoms with Gasteiger partial charge in [0.25, 0.3) is 0 Å². The highest BCUT2D eigenvalue weighted by Gasteiger charge is 2.41. The molecule has 166 valence electrons. The normalized spacial score (nSPS) is 24.2. The van der Waals surface area contributed by atoms with Gasteiger partial charge in [-0.3, -0.25) is 4.79 Å². The molecule has 1 aromatic heterocycles. The van der Waals surface area contributed by atoms with Crippen LogP contribution in [0.15, 0.2) is 54.7 Å². The molecule has 4 nitrogen and oxygen atoms in total. The van der Waals surface area contributed by atoms with Gasteiger partial charge >= 0.3 is 0 Å². The lowest BCUT2D eigenvalue weighted by Crippen LogP contribution is -2.55. The van der Waals surface area contributed by atoms with Crippen LogP contribution in [0.5, 0.6) is 0 Å². The molecule has 1 N–H and O–H groups in total. The fourth-order valence-corrected chi connectivity index (χ4v) is 5.98. The maximum Gasteiger partial charge on any atom is 0.224 e. The summed E-state index contributed by atoms with van der Waals surface area (Å²) in [5.74, 6) is -0.0864. The topological polar surface area (TPSA) is 53.2 Å². The first kappa shape index (κ1) is 20.9. The number of fused-ring (bicyclic) bond motifs is 2. The third kappa shape index (κ3) is 3.74. The number of carbonyl (C=O) groups is 2. The summed E-state index contributed by atoms with van der Waals surface area (Å²) in [6.07, 6.45) is 9.18. The SMILES string of the molecule is O=CC1CCC2CCCCC2N1C(=O)CC(c1ccccc1)c1c[nH]c2cccc(F)c12. The van der Waals surface area contributed by atoms with E-state index in [1.54, 1.807) is 6.07 Å². The van der Waals surface area contributed by atoms with Crippen LogP contribution in [-0.4, -0.2) is 34.2 Å². The Bertz CT molecular complexity index is 1110. The van der Waals surface area contributed by atoms with E-state index in [9.17, 15) is 14.0 Å². The molecule has 5 heteroatoms. The quantitative estimate of drug-likeness (QED) is 0.535. The van der Waals surface area contributed by atoms with Crippen molar-refractivity contribution in [2.75, 3.05) is 0 Å². The number of rotatable bonds is 5. The summed E-state index contributed by atoms with van der Waals surface area (Å²) in [6.45, 7) is 0. The highest BCUT2D eigenvalue weighted by molar-refractivity contribution is 5.87. The van der Waals surface area contributed by atoms with Gasteiger partial charge in [0.1, 0.15) is 12.1 Å². The molecule has 1 aliphatic carbocycles. The Morgan fingerprint density at radius 1 is 1.06 bits per heavy atom. The lowest BCUT2D eigenvalue weighted by molar-refractivity contribution is -0.145. The van der Waals surface area contributed by atoms with Gasteiger partial charge in [-0.25, -0.2) is 4.39 Å². The number of nitrogens with one attached hydrogen (secondary N) is 1. The van der Waals surface area contributed by atoms with E-state index in [1.807, 2.05) is 47.5 Å². The summed E-state index contributed by atoms with van der Waals surface area (Å²) in [6, 6.07) is 14.6. The van der Waals surface area contributed by atoms with Crippen LogP contribution < -0.4 is 0 Å². The van der Waals surface area contributed by atoms with E-state index in [0.717, 1.165) is 55.0 Å². The zero-order chi connectivity index (χ0) is 22.1. The van der Waals surface area contributed by atoms with Gasteiger partial charge in [0, 0.05) is 35.5 Å². The van der Waals surface area contributed by atoms with E-state index >= 15 is 0 Å². The molecule has 1 saturated carbocycles. The van der Waals surface area contributed by atoms with Crippen molar-refractivity contribution in [2.45, 2.75) is 62.9 Å². The Balaban J connectivity index is 1.52. The minimum atomic E-state index is -0.349. The van der Waals surface area contributed by atoms with Crippen molar-refractivity contribution >= 4 is 23.1 Å². The van der Waals surface area contributed by atoms with Crippen LogP contribution in [0.2, 0.25) is 0 Å². The lowest BCUT2D eigenvalue weighted by atomic mass is 9.76. The monoisotopic (exact) mass is 432 g/mol. The van der Waals surface area contributed by atoms with Crippen LogP contribution >= 0.6 is 0 Å². The van der Waals surface area contributed by atoms with E-state index in [1.165, 1.54) is 12.5 Å². The van der Waals surface area contributed by atoms with Crippen LogP contribution in [0.3, 0.4) is 0 Å². The molecule has 2 aliphatic rings. The average molecular weight is 433 g/mol. The van der Waals surface area contributed by atoms with Crippen molar-refractivity contribution in [1.29, 1.82) is 0 Å². The predicted octanol–water partition coefficient (Wildman–Crippen LogP) is 5.58. The number of benzene rings is 2. The number of carbonyl (C=O) groups excluding carboxylic acids is 2. The first-order valence-electron chi connectivity index (χ1n) is 11.7. The predicted molar refractivity (Wildman–Crippen MR) is 123 cm³/mol. The number of halogens is 1. The number of hydrogen-bond donors (Lipinski definition) is 1. The Kier molecular flexibility index (Phi) is 5.81. The van der Waals surface area contributed by atoms with Gasteiger partial charge in [-0.15, -0.1) is 0 Å². The fraction of sp³-hybridized carbons (Fsp3) is 0.407. The van der Waals surface area contributed by atoms with Gasteiger partial charge < -0.3 is 14.7 Å². The summed E-state index contributed by atoms with van der Waals surface area (Å²) < 4.78 is 14.8. The minimum Gasteiger partial charge on any atom is -0.361 e. The van der Waals surface area contributed by atoms with Crippen molar-refractivity contribution in [1.82, 2.24) is 9.88 Å². The molecule has 4 unspecified atom stereocenters. The van der Waals surface area contributed by atoms with Gasteiger partial charge in [0.2, 0.25) is 5.91 Å². The molecule has 1 aliphatic heterocycles. The smallest absolute Gasteiger partial charge is 0.224 e. The minimum absolute atomic E-state index is 0.00163. The molecule has 1 saturated heterocycles. The maximum atomic E-state index is 14.8. The third-order valence-electron chi connectivity index (χ3n) is 7.50. The molecule has 0 radical (unpaired) electrons. The Morgan fingerprint density at radius 3 is 2.69 bits per heavy atom. The molecule has 0 spiro atoms. The zero-order valence-corrected chi connectivity index (χ0v) is 18.2. The molecule has 2 fully saturated rings. The summed E-state index contributed by atoms with van der Waals surface area (Å²) >= 11 is 0. The molecular formula is C27H29FN2O2. The number of likely N-dealkylation sites (tertiary alicyclic amines) is 1. The van der Waals surface area contributed by atoms with Crippen LogP contribution in [0.4, 0.5) is 4.39 Å². The molecule has 2 aromatic carbocycles. The number of nitrogens with zero attached hydrogens (tertiary/aromatic N) is 1. The van der Waals surface area contributed by atoms with Gasteiger partial charge in [0.05, 0.1) is 6.04 Å². The number of aldehydes is 1. The Morgan fingerprint density at radius 2 is 1.88 bits per heavy atom. The van der Waals surface area contributed by atoms with Crippen LogP contribution in [0, 0.1) is 11.7 Å². The maximum absolute atomic E-state index is 14.8. The van der Waals surface area contributed by atoms with Crippen LogP contribution in [-0.2, 0) is 9.59 Å². The third-order valence-corrected chi connectivity index (χ3v) is 7.50. The van der Waals surface area contributed by atoms with Crippen molar-refractivity contribution < 1.29 is 14.0 Å². The van der Waals surface area contributed by atoms with Crippen molar-refractivity contribution in [2.24, 2.45) is 5.92 Å². The van der Waals surface area contributed by atoms with E-state index in [2.05, 4.69) is 4.98 Å². The molecule has 3 aromatic rings. The Labute approximate surface area is 187 Å². The molecule has 32 heavy (non-hydrogen) atoms. The fourth-order valence-electron chi connectivity index (χ4n) is 5.98. The summed E-state index contributed by atoms with van der Waals surface area (Å²) in [4.78, 5) is 30.8. The first-order valence-corrected chi connectivity index (χ1v) is 11.7. The van der Waals surface area contributed by atoms with E-state index in [-0.39, 0.29) is 36.1 Å². The number of aromatic nitrogens is 1. The van der Waals surface area contributed by atoms with Crippen molar-refractivity contribution in [3.63, 3.8) is 0 Å². The molecule has 2 heterocycles. The molecule has 0 bridgehead atoms. The van der Waals surface area contributed by atoms with Gasteiger partial charge in [-0.05, 0) is 54.9 Å². The average Bonchev–Trinajstić information content (AvgIpc) is 3.27. The second-order valence-corrected chi connectivity index (χ2v) is 9.27. The first-order chi connectivity index (χ1) is 15.7. The van der Waals surface area contributed by atoms with Gasteiger partial charge in [-0.1, -0.05) is 49.2 Å². The second kappa shape index (κ2) is 8.89. The van der Waals surface area contributed by atoms with Crippen molar-refractivity contribution in [3.05, 3.63) is 71.7 Å². The summed E-state index contributed by atoms with van der Waals surface area (Å²) in [5.41, 5.74) is 2.49. The Hall–Kier alpha value is -2.95. The van der Waals surface area contributed by atoms with Crippen LogP contribution in [0.1, 0.15) is 62.0 Å². The van der Waals surface area contributed by atoms with Crippen molar-refractivity contribution in [3.8, 4) is 0 Å². The van der Waals surface area contributed by atoms with Gasteiger partial charge in [-0.2, -0.15) is 0 Å². The molecular weight excluding hydrogens is 403 g/mol. The number of amides is 1. The van der Waals surface area contributed by atoms with Gasteiger partial charge in [0.15, 0.2) is 0 Å². The molecule has 1 amide bonds. The lowest BCUT2D eigenvalue weighted by Gasteiger charge is -2.47. The highest BCUT2D eigenvalue weighted by Crippen LogP contribution is 2.40. The molecule has 4 atom stereocenters. The standard InChI is InChI=1S/C27H29FN2O2/c28-23-10-6-11-24-27(23)22(16-29-24)21(18-7-2-1-3-8-18)15-26(32)30-20(17-31)14-13-19-9-4-5-12-25(19)30/h1-3,6-8,10-11,16-17,19-21,25,29H,4-5,9,12-15H2. The largest absolute Gasteiger partial charge is 0.361 e. The number of piperidine rings is 1. The number of aromatic amines is 1. The zero-order valence-electron chi connectivity index (χ0n) is 18.2. The summed E-state index contributed by atoms with van der Waals surface area (Å²) in [5, 5.41) is 0.537. The summed E-state index contributed by atoms with van der Waals surface area (Å²) in [7, 11) is 0.